The molecule has 0 amide bonds. The maximum atomic E-state index is 13.2. The van der Waals surface area contributed by atoms with Crippen LogP contribution < -0.4 is 5.56 Å². The monoisotopic (exact) mass is 492 g/mol. The van der Waals surface area contributed by atoms with Gasteiger partial charge in [-0.15, -0.1) is 5.10 Å². The largest absolute Gasteiger partial charge is 0.321 e. The third-order valence-electron chi connectivity index (χ3n) is 6.79. The van der Waals surface area contributed by atoms with Crippen molar-refractivity contribution in [3.8, 4) is 0 Å². The van der Waals surface area contributed by atoms with Crippen molar-refractivity contribution in [2.24, 2.45) is 5.92 Å². The zero-order valence-corrected chi connectivity index (χ0v) is 21.5. The highest BCUT2D eigenvalue weighted by Gasteiger charge is 2.30. The Labute approximate surface area is 216 Å². The molecule has 5 aromatic rings. The number of fused-ring (bicyclic) bond motifs is 1. The second kappa shape index (κ2) is 10.9. The van der Waals surface area contributed by atoms with Crippen LogP contribution in [0.25, 0.3) is 10.9 Å². The highest BCUT2D eigenvalue weighted by molar-refractivity contribution is 5.81. The molecular weight excluding hydrogens is 460 g/mol. The first-order valence-electron chi connectivity index (χ1n) is 12.7. The molecule has 5 rings (SSSR count). The van der Waals surface area contributed by atoms with Crippen LogP contribution in [-0.2, 0) is 19.6 Å². The number of rotatable bonds is 9. The predicted octanol–water partition coefficient (Wildman–Crippen LogP) is 5.27. The third-order valence-corrected chi connectivity index (χ3v) is 6.79. The van der Waals surface area contributed by atoms with Crippen molar-refractivity contribution in [2.75, 3.05) is 0 Å². The molecule has 3 aromatic carbocycles. The van der Waals surface area contributed by atoms with Crippen molar-refractivity contribution in [3.63, 3.8) is 0 Å². The van der Waals surface area contributed by atoms with Gasteiger partial charge in [0.1, 0.15) is 0 Å². The molecule has 0 saturated carbocycles. The number of aromatic amines is 1. The first-order valence-corrected chi connectivity index (χ1v) is 12.7. The highest BCUT2D eigenvalue weighted by atomic mass is 16.1. The lowest BCUT2D eigenvalue weighted by Gasteiger charge is -2.33. The number of nitrogens with zero attached hydrogens (tertiary/aromatic N) is 5. The number of nitrogens with one attached hydrogen (secondary N) is 1. The Morgan fingerprint density at radius 2 is 1.59 bits per heavy atom. The zero-order valence-electron chi connectivity index (χ0n) is 21.5. The van der Waals surface area contributed by atoms with Gasteiger partial charge in [-0.2, -0.15) is 0 Å². The zero-order chi connectivity index (χ0) is 25.8. The molecule has 0 aliphatic heterocycles. The molecule has 0 spiro atoms. The topological polar surface area (TPSA) is 79.7 Å². The predicted molar refractivity (Wildman–Crippen MR) is 146 cm³/mol. The number of hydrogen-bond acceptors (Lipinski definition) is 5. The van der Waals surface area contributed by atoms with E-state index in [2.05, 4.69) is 63.5 Å². The number of hydrogen-bond donors (Lipinski definition) is 1. The van der Waals surface area contributed by atoms with E-state index in [0.717, 1.165) is 33.4 Å². The minimum Gasteiger partial charge on any atom is -0.321 e. The van der Waals surface area contributed by atoms with E-state index in [4.69, 9.17) is 0 Å². The van der Waals surface area contributed by atoms with Crippen LogP contribution in [0.2, 0.25) is 0 Å². The van der Waals surface area contributed by atoms with E-state index in [0.29, 0.717) is 19.6 Å². The summed E-state index contributed by atoms with van der Waals surface area (Å²) in [6.45, 7) is 8.08. The molecular formula is C30H32N6O. The van der Waals surface area contributed by atoms with Gasteiger partial charge in [0.15, 0.2) is 5.82 Å². The molecule has 188 valence electrons. The van der Waals surface area contributed by atoms with Crippen molar-refractivity contribution in [1.29, 1.82) is 0 Å². The van der Waals surface area contributed by atoms with Crippen LogP contribution >= 0.6 is 0 Å². The molecule has 7 nitrogen and oxygen atoms in total. The van der Waals surface area contributed by atoms with Gasteiger partial charge in [0.25, 0.3) is 5.56 Å². The number of para-hydroxylation sites is 1. The van der Waals surface area contributed by atoms with E-state index in [-0.39, 0.29) is 17.5 Å². The fourth-order valence-electron chi connectivity index (χ4n) is 5.01. The molecule has 2 heterocycles. The summed E-state index contributed by atoms with van der Waals surface area (Å²) in [6, 6.07) is 28.5. The maximum absolute atomic E-state index is 13.2. The fourth-order valence-corrected chi connectivity index (χ4v) is 5.01. The number of tetrazole rings is 1. The summed E-state index contributed by atoms with van der Waals surface area (Å²) < 4.78 is 1.88. The van der Waals surface area contributed by atoms with E-state index >= 15 is 0 Å². The molecule has 1 N–H and O–H groups in total. The van der Waals surface area contributed by atoms with Crippen LogP contribution in [0.1, 0.15) is 48.0 Å². The average molecular weight is 493 g/mol. The second-order valence-corrected chi connectivity index (χ2v) is 9.92. The molecule has 0 bridgehead atoms. The number of pyridine rings is 1. The van der Waals surface area contributed by atoms with Gasteiger partial charge in [0, 0.05) is 18.7 Å². The number of aromatic nitrogens is 5. The van der Waals surface area contributed by atoms with Crippen molar-refractivity contribution in [2.45, 2.75) is 46.4 Å². The summed E-state index contributed by atoms with van der Waals surface area (Å²) in [5.41, 5.74) is 4.91. The Morgan fingerprint density at radius 1 is 0.892 bits per heavy atom. The van der Waals surface area contributed by atoms with Crippen molar-refractivity contribution in [1.82, 2.24) is 30.1 Å². The summed E-state index contributed by atoms with van der Waals surface area (Å²) in [5.74, 6) is 0.994. The first kappa shape index (κ1) is 24.6. The Bertz CT molecular complexity index is 1520. The molecule has 1 atom stereocenters. The maximum Gasteiger partial charge on any atom is 0.252 e. The quantitative estimate of drug-likeness (QED) is 0.303. The molecule has 0 aliphatic rings. The Hall–Kier alpha value is -4.10. The lowest BCUT2D eigenvalue weighted by Crippen LogP contribution is -2.35. The Kier molecular flexibility index (Phi) is 7.23. The highest BCUT2D eigenvalue weighted by Crippen LogP contribution is 2.30. The Morgan fingerprint density at radius 3 is 2.30 bits per heavy atom. The minimum atomic E-state index is -0.105. The van der Waals surface area contributed by atoms with Gasteiger partial charge in [-0.1, -0.05) is 92.7 Å². The molecule has 7 heteroatoms. The molecule has 2 aromatic heterocycles. The summed E-state index contributed by atoms with van der Waals surface area (Å²) in [7, 11) is 0. The summed E-state index contributed by atoms with van der Waals surface area (Å²) in [4.78, 5) is 18.7. The van der Waals surface area contributed by atoms with E-state index < -0.39 is 0 Å². The molecule has 1 unspecified atom stereocenters. The first-order chi connectivity index (χ1) is 18.0. The summed E-state index contributed by atoms with van der Waals surface area (Å²) in [5, 5.41) is 13.9. The van der Waals surface area contributed by atoms with Crippen LogP contribution in [0.4, 0.5) is 0 Å². The number of aryl methyl sites for hydroxylation is 1. The standard InChI is InChI=1S/C30H32N6O/c1-21(2)28(29-32-33-34-36(29)19-24-14-8-5-9-15-24)35(18-23-12-6-4-7-13-23)20-26-17-25-16-10-11-22(3)27(25)31-30(26)37/h4-17,21,28H,18-20H2,1-3H3,(H,31,37). The SMILES string of the molecule is Cc1cccc2cc(CN(Cc3ccccc3)C(c3nnnn3Cc3ccccc3)C(C)C)c(=O)[nH]c12. The normalized spacial score (nSPS) is 12.5. The number of benzene rings is 3. The lowest BCUT2D eigenvalue weighted by atomic mass is 9.99. The van der Waals surface area contributed by atoms with Gasteiger partial charge in [-0.25, -0.2) is 4.68 Å². The van der Waals surface area contributed by atoms with Gasteiger partial charge in [-0.3, -0.25) is 9.69 Å². The van der Waals surface area contributed by atoms with Crippen molar-refractivity contribution < 1.29 is 0 Å². The van der Waals surface area contributed by atoms with E-state index in [1.54, 1.807) is 0 Å². The van der Waals surface area contributed by atoms with E-state index in [1.165, 1.54) is 5.56 Å². The van der Waals surface area contributed by atoms with Gasteiger partial charge in [0.2, 0.25) is 0 Å². The van der Waals surface area contributed by atoms with E-state index in [9.17, 15) is 4.79 Å². The fraction of sp³-hybridized carbons (Fsp3) is 0.267. The molecule has 0 saturated heterocycles. The van der Waals surface area contributed by atoms with Crippen LogP contribution in [0.5, 0.6) is 0 Å². The van der Waals surface area contributed by atoms with E-state index in [1.807, 2.05) is 72.3 Å². The van der Waals surface area contributed by atoms with Crippen LogP contribution in [0.15, 0.2) is 89.7 Å². The van der Waals surface area contributed by atoms with Gasteiger partial charge < -0.3 is 4.98 Å². The molecule has 0 radical (unpaired) electrons. The molecule has 0 fully saturated rings. The molecule has 37 heavy (non-hydrogen) atoms. The average Bonchev–Trinajstić information content (AvgIpc) is 3.33. The van der Waals surface area contributed by atoms with Crippen molar-refractivity contribution in [3.05, 3.63) is 123 Å². The summed E-state index contributed by atoms with van der Waals surface area (Å²) >= 11 is 0. The third kappa shape index (κ3) is 5.52. The number of H-pyrrole nitrogens is 1. The van der Waals surface area contributed by atoms with Gasteiger partial charge in [0.05, 0.1) is 18.1 Å². The smallest absolute Gasteiger partial charge is 0.252 e. The Balaban J connectivity index is 1.55. The minimum absolute atomic E-state index is 0.0637. The van der Waals surface area contributed by atoms with Crippen LogP contribution in [0, 0.1) is 12.8 Å². The van der Waals surface area contributed by atoms with Gasteiger partial charge in [-0.05, 0) is 51.4 Å². The van der Waals surface area contributed by atoms with Crippen LogP contribution in [-0.4, -0.2) is 30.1 Å². The van der Waals surface area contributed by atoms with Crippen LogP contribution in [0.3, 0.4) is 0 Å². The van der Waals surface area contributed by atoms with Crippen molar-refractivity contribution >= 4 is 10.9 Å². The van der Waals surface area contributed by atoms with Gasteiger partial charge >= 0.3 is 0 Å². The second-order valence-electron chi connectivity index (χ2n) is 9.92. The summed E-state index contributed by atoms with van der Waals surface area (Å²) in [6.07, 6.45) is 0. The molecule has 0 aliphatic carbocycles. The lowest BCUT2D eigenvalue weighted by molar-refractivity contribution is 0.126.